The van der Waals surface area contributed by atoms with Gasteiger partial charge in [-0.1, -0.05) is 0 Å². The molecule has 0 unspecified atom stereocenters. The molecule has 15 heavy (non-hydrogen) atoms. The third kappa shape index (κ3) is 1.95. The summed E-state index contributed by atoms with van der Waals surface area (Å²) < 4.78 is 0. The lowest BCUT2D eigenvalue weighted by atomic mass is 10.1. The van der Waals surface area contributed by atoms with Crippen LogP contribution in [0.5, 0.6) is 0 Å². The Bertz CT molecular complexity index is 334. The first-order valence-electron chi connectivity index (χ1n) is 5.33. The van der Waals surface area contributed by atoms with Gasteiger partial charge in [0.05, 0.1) is 5.69 Å². The first kappa shape index (κ1) is 10.0. The van der Waals surface area contributed by atoms with Crippen molar-refractivity contribution in [3.8, 4) is 0 Å². The molecule has 82 valence electrons. The molecule has 2 rings (SSSR count). The van der Waals surface area contributed by atoms with Crippen molar-refractivity contribution in [1.82, 2.24) is 9.97 Å². The van der Waals surface area contributed by atoms with Gasteiger partial charge < -0.3 is 16.4 Å². The van der Waals surface area contributed by atoms with Crippen molar-refractivity contribution < 1.29 is 0 Å². The van der Waals surface area contributed by atoms with Gasteiger partial charge in [-0.2, -0.15) is 4.98 Å². The van der Waals surface area contributed by atoms with Gasteiger partial charge >= 0.3 is 0 Å². The minimum Gasteiger partial charge on any atom is -0.382 e. The van der Waals surface area contributed by atoms with Crippen LogP contribution in [0.4, 0.5) is 17.5 Å². The predicted octanol–water partition coefficient (Wildman–Crippen LogP) is 0.940. The van der Waals surface area contributed by atoms with Crippen LogP contribution in [0.2, 0.25) is 0 Å². The first-order valence-corrected chi connectivity index (χ1v) is 5.33. The minimum atomic E-state index is 0.255. The molecule has 0 aliphatic carbocycles. The number of hydrogen-bond donors (Lipinski definition) is 2. The topological polar surface area (TPSA) is 81.1 Å². The van der Waals surface area contributed by atoms with Crippen LogP contribution in [-0.4, -0.2) is 23.1 Å². The Morgan fingerprint density at radius 1 is 1.07 bits per heavy atom. The zero-order valence-corrected chi connectivity index (χ0v) is 9.03. The molecule has 0 aromatic carbocycles. The van der Waals surface area contributed by atoms with Crippen LogP contribution in [0.25, 0.3) is 0 Å². The second-order valence-electron chi connectivity index (χ2n) is 3.95. The summed E-state index contributed by atoms with van der Waals surface area (Å²) in [4.78, 5) is 10.4. The van der Waals surface area contributed by atoms with Crippen molar-refractivity contribution in [1.29, 1.82) is 0 Å². The van der Waals surface area contributed by atoms with Crippen molar-refractivity contribution >= 4 is 17.5 Å². The zero-order chi connectivity index (χ0) is 10.8. The Morgan fingerprint density at radius 2 is 1.73 bits per heavy atom. The van der Waals surface area contributed by atoms with E-state index >= 15 is 0 Å². The molecular weight excluding hydrogens is 190 g/mol. The van der Waals surface area contributed by atoms with E-state index in [9.17, 15) is 0 Å². The summed E-state index contributed by atoms with van der Waals surface area (Å²) in [5.74, 6) is 0.757. The third-order valence-corrected chi connectivity index (χ3v) is 2.77. The Balaban J connectivity index is 2.33. The Kier molecular flexibility index (Phi) is 2.62. The number of piperidine rings is 1. The number of nitrogens with zero attached hydrogens (tertiary/aromatic N) is 3. The molecule has 1 aliphatic heterocycles. The van der Waals surface area contributed by atoms with Gasteiger partial charge in [0.25, 0.3) is 0 Å². The second kappa shape index (κ2) is 3.92. The SMILES string of the molecule is Cc1nc(N)nc(N)c1N1CCCCC1. The van der Waals surface area contributed by atoms with Gasteiger partial charge in [-0.15, -0.1) is 0 Å². The molecule has 0 saturated carbocycles. The number of hydrogen-bond acceptors (Lipinski definition) is 5. The number of aryl methyl sites for hydroxylation is 1. The number of nitrogen functional groups attached to an aromatic ring is 2. The third-order valence-electron chi connectivity index (χ3n) is 2.77. The Morgan fingerprint density at radius 3 is 2.33 bits per heavy atom. The van der Waals surface area contributed by atoms with Crippen LogP contribution in [-0.2, 0) is 0 Å². The molecule has 1 saturated heterocycles. The molecule has 5 heteroatoms. The summed E-state index contributed by atoms with van der Waals surface area (Å²) in [7, 11) is 0. The van der Waals surface area contributed by atoms with Crippen molar-refractivity contribution in [2.75, 3.05) is 29.5 Å². The quantitative estimate of drug-likeness (QED) is 0.716. The van der Waals surface area contributed by atoms with E-state index in [0.717, 1.165) is 24.5 Å². The van der Waals surface area contributed by atoms with Crippen molar-refractivity contribution in [2.45, 2.75) is 26.2 Å². The van der Waals surface area contributed by atoms with Gasteiger partial charge in [0, 0.05) is 13.1 Å². The maximum absolute atomic E-state index is 5.88. The lowest BCUT2D eigenvalue weighted by Gasteiger charge is -2.30. The minimum absolute atomic E-state index is 0.255. The zero-order valence-electron chi connectivity index (χ0n) is 9.03. The largest absolute Gasteiger partial charge is 0.382 e. The molecule has 2 heterocycles. The molecule has 5 nitrogen and oxygen atoms in total. The molecule has 0 atom stereocenters. The van der Waals surface area contributed by atoms with Gasteiger partial charge in [0.1, 0.15) is 5.69 Å². The average Bonchev–Trinajstić information content (AvgIpc) is 2.17. The summed E-state index contributed by atoms with van der Waals surface area (Å²) >= 11 is 0. The molecule has 0 amide bonds. The van der Waals surface area contributed by atoms with E-state index in [2.05, 4.69) is 14.9 Å². The maximum atomic E-state index is 5.88. The van der Waals surface area contributed by atoms with E-state index in [1.807, 2.05) is 6.92 Å². The lowest BCUT2D eigenvalue weighted by molar-refractivity contribution is 0.576. The monoisotopic (exact) mass is 207 g/mol. The predicted molar refractivity (Wildman–Crippen MR) is 61.7 cm³/mol. The highest BCUT2D eigenvalue weighted by atomic mass is 15.2. The number of rotatable bonds is 1. The fraction of sp³-hybridized carbons (Fsp3) is 0.600. The molecule has 0 radical (unpaired) electrons. The van der Waals surface area contributed by atoms with E-state index in [1.54, 1.807) is 0 Å². The Hall–Kier alpha value is -1.52. The van der Waals surface area contributed by atoms with Crippen LogP contribution in [0.3, 0.4) is 0 Å². The molecular formula is C10H17N5. The number of nitrogens with two attached hydrogens (primary N) is 2. The molecule has 1 fully saturated rings. The van der Waals surface area contributed by atoms with E-state index in [4.69, 9.17) is 11.5 Å². The van der Waals surface area contributed by atoms with Crippen molar-refractivity contribution in [3.63, 3.8) is 0 Å². The van der Waals surface area contributed by atoms with Gasteiger partial charge in [0.2, 0.25) is 5.95 Å². The molecule has 1 aromatic rings. The van der Waals surface area contributed by atoms with Crippen molar-refractivity contribution in [2.24, 2.45) is 0 Å². The number of aromatic nitrogens is 2. The van der Waals surface area contributed by atoms with Crippen LogP contribution in [0.1, 0.15) is 25.0 Å². The van der Waals surface area contributed by atoms with Crippen molar-refractivity contribution in [3.05, 3.63) is 5.69 Å². The van der Waals surface area contributed by atoms with Crippen LogP contribution < -0.4 is 16.4 Å². The van der Waals surface area contributed by atoms with Crippen LogP contribution in [0.15, 0.2) is 0 Å². The van der Waals surface area contributed by atoms with Gasteiger partial charge in [-0.25, -0.2) is 4.98 Å². The Labute approximate surface area is 89.5 Å². The summed E-state index contributed by atoms with van der Waals surface area (Å²) in [6.45, 7) is 4.01. The summed E-state index contributed by atoms with van der Waals surface area (Å²) in [6, 6.07) is 0. The second-order valence-corrected chi connectivity index (χ2v) is 3.95. The molecule has 4 N–H and O–H groups in total. The van der Waals surface area contributed by atoms with Gasteiger partial charge in [-0.3, -0.25) is 0 Å². The fourth-order valence-corrected chi connectivity index (χ4v) is 2.12. The standard InChI is InChI=1S/C10H17N5/c1-7-8(9(11)14-10(12)13-7)15-5-3-2-4-6-15/h2-6H2,1H3,(H4,11,12,13,14). The average molecular weight is 207 g/mol. The summed E-state index contributed by atoms with van der Waals surface area (Å²) in [5.41, 5.74) is 13.3. The van der Waals surface area contributed by atoms with E-state index < -0.39 is 0 Å². The highest BCUT2D eigenvalue weighted by molar-refractivity contribution is 5.67. The molecule has 0 spiro atoms. The fourth-order valence-electron chi connectivity index (χ4n) is 2.12. The lowest BCUT2D eigenvalue weighted by Crippen LogP contribution is -2.31. The smallest absolute Gasteiger partial charge is 0.222 e. The van der Waals surface area contributed by atoms with E-state index in [1.165, 1.54) is 19.3 Å². The van der Waals surface area contributed by atoms with Gasteiger partial charge in [-0.05, 0) is 26.2 Å². The normalized spacial score (nSPS) is 16.7. The van der Waals surface area contributed by atoms with Gasteiger partial charge in [0.15, 0.2) is 5.82 Å². The highest BCUT2D eigenvalue weighted by Crippen LogP contribution is 2.27. The number of anilines is 3. The summed E-state index contributed by atoms with van der Waals surface area (Å²) in [5, 5.41) is 0. The maximum Gasteiger partial charge on any atom is 0.222 e. The highest BCUT2D eigenvalue weighted by Gasteiger charge is 2.17. The molecule has 1 aromatic heterocycles. The van der Waals surface area contributed by atoms with E-state index in [-0.39, 0.29) is 5.95 Å². The first-order chi connectivity index (χ1) is 7.18. The molecule has 0 bridgehead atoms. The van der Waals surface area contributed by atoms with E-state index in [0.29, 0.717) is 5.82 Å². The molecule has 1 aliphatic rings. The van der Waals surface area contributed by atoms with Crippen LogP contribution in [0, 0.1) is 6.92 Å². The summed E-state index contributed by atoms with van der Waals surface area (Å²) in [6.07, 6.45) is 3.72. The van der Waals surface area contributed by atoms with Crippen LogP contribution >= 0.6 is 0 Å².